The van der Waals surface area contributed by atoms with E-state index in [1.165, 1.54) is 12.1 Å². The van der Waals surface area contributed by atoms with Crippen LogP contribution in [0.15, 0.2) is 71.9 Å². The van der Waals surface area contributed by atoms with Gasteiger partial charge in [0, 0.05) is 18.9 Å². The van der Waals surface area contributed by atoms with Crippen LogP contribution < -0.4 is 15.4 Å². The van der Waals surface area contributed by atoms with E-state index in [0.29, 0.717) is 5.75 Å². The average molecular weight is 487 g/mol. The maximum absolute atomic E-state index is 13.6. The van der Waals surface area contributed by atoms with Crippen molar-refractivity contribution in [3.63, 3.8) is 0 Å². The lowest BCUT2D eigenvalue weighted by molar-refractivity contribution is 0.103. The monoisotopic (exact) mass is 486 g/mol. The van der Waals surface area contributed by atoms with Gasteiger partial charge in [-0.2, -0.15) is 5.10 Å². The number of aliphatic hydroxyl groups is 1. The fraction of sp³-hybridized carbons (Fsp3) is 0.375. The molecule has 0 spiro atoms. The first-order valence-corrected chi connectivity index (χ1v) is 12.9. The van der Waals surface area contributed by atoms with Crippen molar-refractivity contribution in [1.82, 2.24) is 20.4 Å². The molecule has 0 amide bonds. The molecule has 0 saturated carbocycles. The van der Waals surface area contributed by atoms with Gasteiger partial charge < -0.3 is 20.3 Å². The van der Waals surface area contributed by atoms with E-state index in [4.69, 9.17) is 4.74 Å². The van der Waals surface area contributed by atoms with E-state index in [-0.39, 0.29) is 29.7 Å². The zero-order valence-electron chi connectivity index (χ0n) is 18.7. The molecule has 2 unspecified atom stereocenters. The van der Waals surface area contributed by atoms with Gasteiger partial charge in [0.1, 0.15) is 29.6 Å². The third-order valence-corrected chi connectivity index (χ3v) is 8.06. The summed E-state index contributed by atoms with van der Waals surface area (Å²) in [5.41, 5.74) is 0.775. The number of aromatic nitrogens is 2. The molecule has 2 heterocycles. The Kier molecular flexibility index (Phi) is 7.84. The SMILES string of the molecule is O=S(=O)(c1ccc(-n2cccn2)cc1)C(NCC(O)COc1ccc(O)cc1)C1CCNCC1. The lowest BCUT2D eigenvalue weighted by Crippen LogP contribution is -2.49. The largest absolute Gasteiger partial charge is 0.508 e. The van der Waals surface area contributed by atoms with Crippen LogP contribution in [0.3, 0.4) is 0 Å². The third kappa shape index (κ3) is 5.95. The topological polar surface area (TPSA) is 126 Å². The number of phenolic OH excluding ortho intramolecular Hbond substituents is 1. The van der Waals surface area contributed by atoms with E-state index in [0.717, 1.165) is 31.6 Å². The Balaban J connectivity index is 1.44. The summed E-state index contributed by atoms with van der Waals surface area (Å²) in [6, 6.07) is 14.7. The molecular weight excluding hydrogens is 456 g/mol. The minimum Gasteiger partial charge on any atom is -0.508 e. The molecule has 34 heavy (non-hydrogen) atoms. The van der Waals surface area contributed by atoms with Gasteiger partial charge in [0.2, 0.25) is 0 Å². The highest BCUT2D eigenvalue weighted by Gasteiger charge is 2.35. The summed E-state index contributed by atoms with van der Waals surface area (Å²) < 4.78 is 34.4. The average Bonchev–Trinajstić information content (AvgIpc) is 3.40. The maximum Gasteiger partial charge on any atom is 0.194 e. The Morgan fingerprint density at radius 2 is 1.82 bits per heavy atom. The number of benzene rings is 2. The fourth-order valence-electron chi connectivity index (χ4n) is 4.08. The van der Waals surface area contributed by atoms with Gasteiger partial charge in [0.15, 0.2) is 9.84 Å². The summed E-state index contributed by atoms with van der Waals surface area (Å²) in [4.78, 5) is 0.231. The van der Waals surface area contributed by atoms with Crippen LogP contribution >= 0.6 is 0 Å². The molecule has 1 fully saturated rings. The van der Waals surface area contributed by atoms with Gasteiger partial charge in [-0.25, -0.2) is 13.1 Å². The van der Waals surface area contributed by atoms with Crippen LogP contribution in [0.2, 0.25) is 0 Å². The predicted molar refractivity (Wildman–Crippen MR) is 128 cm³/mol. The molecule has 0 aliphatic carbocycles. The molecule has 4 N–H and O–H groups in total. The molecule has 2 atom stereocenters. The van der Waals surface area contributed by atoms with Crippen LogP contribution in [0.1, 0.15) is 12.8 Å². The summed E-state index contributed by atoms with van der Waals surface area (Å²) in [5.74, 6) is 0.557. The second-order valence-corrected chi connectivity index (χ2v) is 10.4. The number of rotatable bonds is 10. The second-order valence-electron chi connectivity index (χ2n) is 8.36. The normalized spacial score (nSPS) is 16.7. The molecule has 1 aliphatic heterocycles. The Morgan fingerprint density at radius 3 is 2.47 bits per heavy atom. The lowest BCUT2D eigenvalue weighted by atomic mass is 9.98. The minimum absolute atomic E-state index is 0.00463. The van der Waals surface area contributed by atoms with E-state index in [9.17, 15) is 18.6 Å². The Hall–Kier alpha value is -2.92. The molecule has 9 nitrogen and oxygen atoms in total. The number of hydrogen-bond donors (Lipinski definition) is 4. The van der Waals surface area contributed by atoms with Gasteiger partial charge in [-0.1, -0.05) is 0 Å². The van der Waals surface area contributed by atoms with Crippen molar-refractivity contribution in [3.8, 4) is 17.2 Å². The molecule has 1 saturated heterocycles. The smallest absolute Gasteiger partial charge is 0.194 e. The molecule has 182 valence electrons. The highest BCUT2D eigenvalue weighted by molar-refractivity contribution is 7.92. The molecule has 0 radical (unpaired) electrons. The van der Waals surface area contributed by atoms with Gasteiger partial charge in [-0.3, -0.25) is 5.32 Å². The summed E-state index contributed by atoms with van der Waals surface area (Å²) in [7, 11) is -3.70. The van der Waals surface area contributed by atoms with E-state index < -0.39 is 21.3 Å². The van der Waals surface area contributed by atoms with Crippen molar-refractivity contribution in [3.05, 3.63) is 67.0 Å². The van der Waals surface area contributed by atoms with Gasteiger partial charge in [-0.05, 0) is 86.4 Å². The Morgan fingerprint density at radius 1 is 1.12 bits per heavy atom. The quantitative estimate of drug-likeness (QED) is 0.341. The fourth-order valence-corrected chi connectivity index (χ4v) is 5.98. The maximum atomic E-state index is 13.6. The number of hydrogen-bond acceptors (Lipinski definition) is 8. The van der Waals surface area contributed by atoms with E-state index in [1.807, 2.05) is 0 Å². The third-order valence-electron chi connectivity index (χ3n) is 5.91. The first-order valence-electron chi connectivity index (χ1n) is 11.3. The predicted octanol–water partition coefficient (Wildman–Crippen LogP) is 1.71. The van der Waals surface area contributed by atoms with Crippen molar-refractivity contribution in [2.24, 2.45) is 5.92 Å². The van der Waals surface area contributed by atoms with Crippen molar-refractivity contribution in [1.29, 1.82) is 0 Å². The van der Waals surface area contributed by atoms with E-state index >= 15 is 0 Å². The standard InChI is InChI=1S/C24H30N4O5S/c29-20-4-6-22(7-5-20)33-17-21(30)16-26-24(18-10-13-25-14-11-18)34(31,32)23-8-2-19(3-9-23)28-15-1-12-27-28/h1-9,12,15,18,21,24-26,29-30H,10-11,13-14,16-17H2. The Labute approximate surface area is 199 Å². The molecule has 3 aromatic rings. The highest BCUT2D eigenvalue weighted by Crippen LogP contribution is 2.26. The van der Waals surface area contributed by atoms with Crippen molar-refractivity contribution < 1.29 is 23.4 Å². The van der Waals surface area contributed by atoms with Crippen molar-refractivity contribution >= 4 is 9.84 Å². The zero-order chi connectivity index (χ0) is 24.0. The number of aromatic hydroxyl groups is 1. The summed E-state index contributed by atoms with van der Waals surface area (Å²) in [5, 5.41) is 29.5. The van der Waals surface area contributed by atoms with Crippen LogP contribution in [0.4, 0.5) is 0 Å². The van der Waals surface area contributed by atoms with Gasteiger partial charge in [-0.15, -0.1) is 0 Å². The molecule has 1 aromatic heterocycles. The molecule has 1 aliphatic rings. The van der Waals surface area contributed by atoms with E-state index in [1.54, 1.807) is 59.5 Å². The zero-order valence-corrected chi connectivity index (χ0v) is 19.6. The first kappa shape index (κ1) is 24.2. The summed E-state index contributed by atoms with van der Waals surface area (Å²) in [6.45, 7) is 1.57. The molecule has 0 bridgehead atoms. The molecule has 10 heteroatoms. The van der Waals surface area contributed by atoms with Gasteiger partial charge >= 0.3 is 0 Å². The number of piperidine rings is 1. The van der Waals surface area contributed by atoms with Gasteiger partial charge in [0.25, 0.3) is 0 Å². The summed E-state index contributed by atoms with van der Waals surface area (Å²) >= 11 is 0. The van der Waals surface area contributed by atoms with Gasteiger partial charge in [0.05, 0.1) is 10.6 Å². The van der Waals surface area contributed by atoms with Crippen LogP contribution in [-0.2, 0) is 9.84 Å². The number of nitrogens with zero attached hydrogens (tertiary/aromatic N) is 2. The lowest BCUT2D eigenvalue weighted by Gasteiger charge is -2.32. The van der Waals surface area contributed by atoms with Crippen molar-refractivity contribution in [2.45, 2.75) is 29.2 Å². The number of phenols is 1. The molecular formula is C24H30N4O5S. The number of sulfone groups is 1. The van der Waals surface area contributed by atoms with E-state index in [2.05, 4.69) is 15.7 Å². The highest BCUT2D eigenvalue weighted by atomic mass is 32.2. The number of nitrogens with one attached hydrogen (secondary N) is 2. The minimum atomic E-state index is -3.70. The number of ether oxygens (including phenoxy) is 1. The van der Waals surface area contributed by atoms with Crippen LogP contribution in [0.25, 0.3) is 5.69 Å². The van der Waals surface area contributed by atoms with Crippen molar-refractivity contribution in [2.75, 3.05) is 26.2 Å². The Bertz CT molecular complexity index is 1130. The molecule has 4 rings (SSSR count). The second kappa shape index (κ2) is 11.0. The number of aliphatic hydroxyl groups excluding tert-OH is 1. The van der Waals surface area contributed by atoms with Crippen LogP contribution in [0, 0.1) is 5.92 Å². The summed E-state index contributed by atoms with van der Waals surface area (Å²) in [6.07, 6.45) is 4.00. The first-order chi connectivity index (χ1) is 16.4. The molecule has 2 aromatic carbocycles. The van der Waals surface area contributed by atoms with Crippen LogP contribution in [0.5, 0.6) is 11.5 Å². The van der Waals surface area contributed by atoms with Crippen LogP contribution in [-0.4, -0.2) is 66.1 Å².